The van der Waals surface area contributed by atoms with Crippen molar-refractivity contribution in [1.82, 2.24) is 10.6 Å². The van der Waals surface area contributed by atoms with Gasteiger partial charge < -0.3 is 15.4 Å². The number of ether oxygens (including phenoxy) is 1. The van der Waals surface area contributed by atoms with Crippen molar-refractivity contribution in [3.8, 4) is 6.07 Å². The molecule has 0 aliphatic rings. The summed E-state index contributed by atoms with van der Waals surface area (Å²) in [5, 5.41) is 12.6. The summed E-state index contributed by atoms with van der Waals surface area (Å²) >= 11 is 0. The van der Waals surface area contributed by atoms with Gasteiger partial charge in [-0.3, -0.25) is 9.59 Å². The number of hydrogen-bond acceptors (Lipinski definition) is 4. The third-order valence-corrected chi connectivity index (χ3v) is 1.37. The Bertz CT molecular complexity index is 258. The second-order valence-electron chi connectivity index (χ2n) is 3.02. The molecule has 0 rings (SSSR count). The molecule has 0 saturated heterocycles. The van der Waals surface area contributed by atoms with E-state index in [9.17, 15) is 9.59 Å². The average molecular weight is 213 g/mol. The summed E-state index contributed by atoms with van der Waals surface area (Å²) in [5.74, 6) is -1.56. The number of amides is 2. The standard InChI is InChI=1S/C9H15N3O3/c1-7(2)15-6-5-12-9(14)8(13)11-4-3-10/h7H,4-6H2,1-2H3,(H,11,13)(H,12,14). The molecule has 0 aromatic rings. The molecule has 0 fully saturated rings. The van der Waals surface area contributed by atoms with Crippen molar-refractivity contribution in [2.75, 3.05) is 19.7 Å². The molecule has 6 nitrogen and oxygen atoms in total. The van der Waals surface area contributed by atoms with Gasteiger partial charge in [0.15, 0.2) is 0 Å². The molecule has 0 spiro atoms. The van der Waals surface area contributed by atoms with Gasteiger partial charge in [-0.1, -0.05) is 0 Å². The summed E-state index contributed by atoms with van der Waals surface area (Å²) in [5.41, 5.74) is 0. The quantitative estimate of drug-likeness (QED) is 0.354. The van der Waals surface area contributed by atoms with Gasteiger partial charge in [0.2, 0.25) is 0 Å². The summed E-state index contributed by atoms with van der Waals surface area (Å²) in [7, 11) is 0. The molecule has 0 aromatic carbocycles. The lowest BCUT2D eigenvalue weighted by Crippen LogP contribution is -2.41. The number of nitrogens with one attached hydrogen (secondary N) is 2. The van der Waals surface area contributed by atoms with E-state index in [4.69, 9.17) is 10.00 Å². The van der Waals surface area contributed by atoms with Crippen LogP contribution in [0.3, 0.4) is 0 Å². The van der Waals surface area contributed by atoms with Gasteiger partial charge in [0, 0.05) is 6.54 Å². The van der Waals surface area contributed by atoms with Crippen LogP contribution >= 0.6 is 0 Å². The molecule has 84 valence electrons. The van der Waals surface area contributed by atoms with E-state index in [1.54, 1.807) is 6.07 Å². The lowest BCUT2D eigenvalue weighted by molar-refractivity contribution is -0.139. The summed E-state index contributed by atoms with van der Waals surface area (Å²) in [6, 6.07) is 1.70. The third-order valence-electron chi connectivity index (χ3n) is 1.37. The maximum Gasteiger partial charge on any atom is 0.310 e. The van der Waals surface area contributed by atoms with Gasteiger partial charge in [-0.2, -0.15) is 5.26 Å². The summed E-state index contributed by atoms with van der Waals surface area (Å²) in [6.45, 7) is 4.21. The summed E-state index contributed by atoms with van der Waals surface area (Å²) in [4.78, 5) is 21.9. The minimum absolute atomic E-state index is 0.0920. The number of hydrogen-bond donors (Lipinski definition) is 2. The molecule has 0 atom stereocenters. The van der Waals surface area contributed by atoms with Crippen molar-refractivity contribution in [2.24, 2.45) is 0 Å². The molecular formula is C9H15N3O3. The SMILES string of the molecule is CC(C)OCCNC(=O)C(=O)NCC#N. The Morgan fingerprint density at radius 1 is 1.33 bits per heavy atom. The molecule has 0 bridgehead atoms. The number of carbonyl (C=O) groups excluding carboxylic acids is 2. The number of rotatable bonds is 5. The van der Waals surface area contributed by atoms with Crippen LogP contribution in [-0.4, -0.2) is 37.6 Å². The van der Waals surface area contributed by atoms with E-state index in [0.29, 0.717) is 6.61 Å². The summed E-state index contributed by atoms with van der Waals surface area (Å²) in [6.07, 6.45) is 0.0920. The highest BCUT2D eigenvalue weighted by molar-refractivity contribution is 6.35. The molecule has 0 aliphatic carbocycles. The van der Waals surface area contributed by atoms with Gasteiger partial charge in [-0.05, 0) is 13.8 Å². The second-order valence-corrected chi connectivity index (χ2v) is 3.02. The Labute approximate surface area is 88.6 Å². The van der Waals surface area contributed by atoms with Gasteiger partial charge in [0.25, 0.3) is 0 Å². The number of carbonyl (C=O) groups is 2. The molecule has 0 aromatic heterocycles. The fourth-order valence-electron chi connectivity index (χ4n) is 0.740. The van der Waals surface area contributed by atoms with Crippen LogP contribution in [0.2, 0.25) is 0 Å². The first-order valence-corrected chi connectivity index (χ1v) is 4.62. The van der Waals surface area contributed by atoms with E-state index in [1.165, 1.54) is 0 Å². The average Bonchev–Trinajstić information content (AvgIpc) is 2.20. The zero-order chi connectivity index (χ0) is 11.7. The van der Waals surface area contributed by atoms with Crippen LogP contribution in [0.5, 0.6) is 0 Å². The molecule has 6 heteroatoms. The maximum absolute atomic E-state index is 11.0. The highest BCUT2D eigenvalue weighted by atomic mass is 16.5. The molecule has 0 saturated carbocycles. The van der Waals surface area contributed by atoms with Crippen LogP contribution < -0.4 is 10.6 Å². The van der Waals surface area contributed by atoms with Crippen LogP contribution in [0, 0.1) is 11.3 Å². The minimum Gasteiger partial charge on any atom is -0.377 e. The molecule has 15 heavy (non-hydrogen) atoms. The van der Waals surface area contributed by atoms with Crippen LogP contribution in [0.25, 0.3) is 0 Å². The first kappa shape index (κ1) is 13.4. The van der Waals surface area contributed by atoms with Crippen molar-refractivity contribution >= 4 is 11.8 Å². The second kappa shape index (κ2) is 7.76. The third kappa shape index (κ3) is 7.46. The molecule has 0 heterocycles. The van der Waals surface area contributed by atoms with Crippen molar-refractivity contribution in [3.63, 3.8) is 0 Å². The zero-order valence-electron chi connectivity index (χ0n) is 8.87. The monoisotopic (exact) mass is 213 g/mol. The Morgan fingerprint density at radius 2 is 1.93 bits per heavy atom. The van der Waals surface area contributed by atoms with Gasteiger partial charge in [-0.25, -0.2) is 0 Å². The van der Waals surface area contributed by atoms with Crippen LogP contribution in [-0.2, 0) is 14.3 Å². The Balaban J connectivity index is 3.57. The Kier molecular flexibility index (Phi) is 6.93. The minimum atomic E-state index is -0.805. The molecule has 2 amide bonds. The van der Waals surface area contributed by atoms with Gasteiger partial charge in [-0.15, -0.1) is 0 Å². The van der Waals surface area contributed by atoms with Crippen molar-refractivity contribution < 1.29 is 14.3 Å². The normalized spacial score (nSPS) is 9.47. The maximum atomic E-state index is 11.0. The van der Waals surface area contributed by atoms with E-state index in [0.717, 1.165) is 0 Å². The van der Waals surface area contributed by atoms with E-state index in [2.05, 4.69) is 10.6 Å². The fraction of sp³-hybridized carbons (Fsp3) is 0.667. The van der Waals surface area contributed by atoms with Crippen molar-refractivity contribution in [2.45, 2.75) is 20.0 Å². The molecule has 0 unspecified atom stereocenters. The van der Waals surface area contributed by atoms with Crippen LogP contribution in [0.4, 0.5) is 0 Å². The predicted octanol–water partition coefficient (Wildman–Crippen LogP) is -0.833. The molecule has 0 aliphatic heterocycles. The lowest BCUT2D eigenvalue weighted by atomic mass is 10.5. The molecular weight excluding hydrogens is 198 g/mol. The Hall–Kier alpha value is -1.61. The van der Waals surface area contributed by atoms with Crippen molar-refractivity contribution in [1.29, 1.82) is 5.26 Å². The number of nitrogens with zero attached hydrogens (tertiary/aromatic N) is 1. The van der Waals surface area contributed by atoms with Gasteiger partial charge >= 0.3 is 11.8 Å². The highest BCUT2D eigenvalue weighted by Gasteiger charge is 2.11. The van der Waals surface area contributed by atoms with E-state index in [-0.39, 0.29) is 19.2 Å². The van der Waals surface area contributed by atoms with Crippen LogP contribution in [0.15, 0.2) is 0 Å². The van der Waals surface area contributed by atoms with E-state index in [1.807, 2.05) is 13.8 Å². The van der Waals surface area contributed by atoms with Crippen LogP contribution in [0.1, 0.15) is 13.8 Å². The first-order valence-electron chi connectivity index (χ1n) is 4.62. The van der Waals surface area contributed by atoms with E-state index >= 15 is 0 Å². The lowest BCUT2D eigenvalue weighted by Gasteiger charge is -2.07. The van der Waals surface area contributed by atoms with Crippen molar-refractivity contribution in [3.05, 3.63) is 0 Å². The summed E-state index contributed by atoms with van der Waals surface area (Å²) < 4.78 is 5.15. The topological polar surface area (TPSA) is 91.2 Å². The smallest absolute Gasteiger partial charge is 0.310 e. The van der Waals surface area contributed by atoms with Gasteiger partial charge in [0.1, 0.15) is 6.54 Å². The largest absolute Gasteiger partial charge is 0.377 e. The Morgan fingerprint density at radius 3 is 2.47 bits per heavy atom. The fourth-order valence-corrected chi connectivity index (χ4v) is 0.740. The predicted molar refractivity (Wildman–Crippen MR) is 52.7 cm³/mol. The molecule has 0 radical (unpaired) electrons. The van der Waals surface area contributed by atoms with E-state index < -0.39 is 11.8 Å². The zero-order valence-corrected chi connectivity index (χ0v) is 8.87. The number of nitriles is 1. The first-order chi connectivity index (χ1) is 7.07. The molecule has 2 N–H and O–H groups in total. The van der Waals surface area contributed by atoms with Gasteiger partial charge in [0.05, 0.1) is 18.8 Å². The highest BCUT2D eigenvalue weighted by Crippen LogP contribution is 1.84.